The summed E-state index contributed by atoms with van der Waals surface area (Å²) in [6.07, 6.45) is 2.72. The van der Waals surface area contributed by atoms with Crippen LogP contribution in [0.25, 0.3) is 43.9 Å². The average Bonchev–Trinajstić information content (AvgIpc) is 3.48. The van der Waals surface area contributed by atoms with Gasteiger partial charge in [-0.05, 0) is 48.5 Å². The summed E-state index contributed by atoms with van der Waals surface area (Å²) < 4.78 is 27.3. The predicted molar refractivity (Wildman–Crippen MR) is 135 cm³/mol. The first-order valence-electron chi connectivity index (χ1n) is 11.2. The fraction of sp³-hybridized carbons (Fsp3) is 0.0741. The number of hydrogen-bond donors (Lipinski definition) is 3. The van der Waals surface area contributed by atoms with Crippen molar-refractivity contribution in [3.63, 3.8) is 0 Å². The lowest BCUT2D eigenvalue weighted by Gasteiger charge is -2.10. The summed E-state index contributed by atoms with van der Waals surface area (Å²) in [6.45, 7) is -0.211. The van der Waals surface area contributed by atoms with Gasteiger partial charge in [-0.25, -0.2) is 9.18 Å². The number of H-pyrrole nitrogens is 2. The standard InChI is InChI=1S/C27H18FN3O6/c1-36-15-4-5-19-13(10-15)9-14(25(32)30-19)12-31-20-11-18(28)16-6-8-37-24(16)22(20)21(23(31)27(34)35)17-3-2-7-29-26(17)33/h2-11H,12H2,1H3,(H,29,33)(H,30,32)(H,34,35). The second-order valence-electron chi connectivity index (χ2n) is 8.52. The molecule has 4 heterocycles. The van der Waals surface area contributed by atoms with E-state index in [9.17, 15) is 19.5 Å². The first-order chi connectivity index (χ1) is 17.9. The van der Waals surface area contributed by atoms with Crippen molar-refractivity contribution in [1.82, 2.24) is 14.5 Å². The molecule has 184 valence electrons. The van der Waals surface area contributed by atoms with Crippen molar-refractivity contribution in [3.05, 3.63) is 98.8 Å². The van der Waals surface area contributed by atoms with E-state index in [0.717, 1.165) is 0 Å². The third kappa shape index (κ3) is 3.41. The molecule has 0 aliphatic heterocycles. The molecule has 0 unspecified atom stereocenters. The zero-order valence-electron chi connectivity index (χ0n) is 19.3. The normalized spacial score (nSPS) is 11.5. The Bertz CT molecular complexity index is 2000. The van der Waals surface area contributed by atoms with Crippen molar-refractivity contribution in [3.8, 4) is 16.9 Å². The Balaban J connectivity index is 1.71. The Kier molecular flexibility index (Phi) is 4.97. The third-order valence-corrected chi connectivity index (χ3v) is 6.46. The molecule has 3 N–H and O–H groups in total. The fourth-order valence-electron chi connectivity index (χ4n) is 4.82. The first-order valence-corrected chi connectivity index (χ1v) is 11.2. The SMILES string of the molecule is COc1ccc2[nH]c(=O)c(Cn3c(C(=O)O)c(-c4ccc[nH]c4=O)c4c5occc5c(F)cc43)cc2c1. The lowest BCUT2D eigenvalue weighted by atomic mass is 10.0. The molecule has 0 saturated heterocycles. The molecular formula is C27H18FN3O6. The Labute approximate surface area is 206 Å². The molecule has 0 saturated carbocycles. The Morgan fingerprint density at radius 3 is 2.73 bits per heavy atom. The van der Waals surface area contributed by atoms with Gasteiger partial charge in [0.25, 0.3) is 11.1 Å². The van der Waals surface area contributed by atoms with Crippen molar-refractivity contribution in [2.24, 2.45) is 0 Å². The molecular weight excluding hydrogens is 481 g/mol. The number of hydrogen-bond acceptors (Lipinski definition) is 5. The lowest BCUT2D eigenvalue weighted by molar-refractivity contribution is 0.0687. The number of rotatable bonds is 5. The van der Waals surface area contributed by atoms with E-state index < -0.39 is 22.9 Å². The number of pyridine rings is 2. The number of methoxy groups -OCH3 is 1. The van der Waals surface area contributed by atoms with E-state index >= 15 is 4.39 Å². The van der Waals surface area contributed by atoms with Crippen LogP contribution in [0.3, 0.4) is 0 Å². The number of furan rings is 1. The molecule has 0 spiro atoms. The molecule has 6 aromatic rings. The van der Waals surface area contributed by atoms with Gasteiger partial charge in [-0.2, -0.15) is 0 Å². The molecule has 0 aliphatic rings. The van der Waals surface area contributed by atoms with Crippen molar-refractivity contribution in [1.29, 1.82) is 0 Å². The summed E-state index contributed by atoms with van der Waals surface area (Å²) in [4.78, 5) is 43.8. The van der Waals surface area contributed by atoms with Gasteiger partial charge in [0.05, 0.1) is 41.8 Å². The number of nitrogens with one attached hydrogen (secondary N) is 2. The lowest BCUT2D eigenvalue weighted by Crippen LogP contribution is -2.19. The molecule has 0 bridgehead atoms. The Morgan fingerprint density at radius 1 is 1.14 bits per heavy atom. The van der Waals surface area contributed by atoms with E-state index in [-0.39, 0.29) is 50.8 Å². The maximum absolute atomic E-state index is 15.1. The van der Waals surface area contributed by atoms with Crippen LogP contribution in [0.15, 0.2) is 75.0 Å². The van der Waals surface area contributed by atoms with E-state index in [1.165, 1.54) is 42.3 Å². The second kappa shape index (κ2) is 8.23. The van der Waals surface area contributed by atoms with Crippen LogP contribution in [-0.4, -0.2) is 32.7 Å². The minimum Gasteiger partial charge on any atom is -0.497 e. The van der Waals surface area contributed by atoms with Crippen LogP contribution in [-0.2, 0) is 6.54 Å². The smallest absolute Gasteiger partial charge is 0.353 e. The number of carbonyl (C=O) groups is 1. The summed E-state index contributed by atoms with van der Waals surface area (Å²) in [5.41, 5.74) is -0.0158. The number of fused-ring (bicyclic) bond motifs is 4. The van der Waals surface area contributed by atoms with Gasteiger partial charge in [-0.1, -0.05) is 0 Å². The van der Waals surface area contributed by atoms with Crippen LogP contribution in [0.1, 0.15) is 16.1 Å². The molecule has 0 aliphatic carbocycles. The van der Waals surface area contributed by atoms with E-state index in [0.29, 0.717) is 16.7 Å². The van der Waals surface area contributed by atoms with E-state index in [1.807, 2.05) is 0 Å². The second-order valence-corrected chi connectivity index (χ2v) is 8.52. The number of carboxylic acids is 1. The summed E-state index contributed by atoms with van der Waals surface area (Å²) >= 11 is 0. The maximum atomic E-state index is 15.1. The molecule has 0 atom stereocenters. The minimum absolute atomic E-state index is 0.0724. The predicted octanol–water partition coefficient (Wildman–Crippen LogP) is 4.48. The zero-order valence-corrected chi connectivity index (χ0v) is 19.3. The van der Waals surface area contributed by atoms with Gasteiger partial charge >= 0.3 is 5.97 Å². The molecule has 6 rings (SSSR count). The number of ether oxygens (including phenoxy) is 1. The number of halogens is 1. The molecule has 2 aromatic carbocycles. The van der Waals surface area contributed by atoms with E-state index in [1.54, 1.807) is 30.3 Å². The van der Waals surface area contributed by atoms with Crippen LogP contribution in [0.5, 0.6) is 5.75 Å². The van der Waals surface area contributed by atoms with Crippen molar-refractivity contribution in [2.45, 2.75) is 6.54 Å². The number of aromatic amines is 2. The molecule has 9 nitrogen and oxygen atoms in total. The zero-order chi connectivity index (χ0) is 25.8. The topological polar surface area (TPSA) is 130 Å². The molecule has 0 amide bonds. The summed E-state index contributed by atoms with van der Waals surface area (Å²) in [7, 11) is 1.52. The third-order valence-electron chi connectivity index (χ3n) is 6.46. The van der Waals surface area contributed by atoms with Crippen LogP contribution in [0, 0.1) is 5.82 Å². The number of benzene rings is 2. The Morgan fingerprint density at radius 2 is 1.97 bits per heavy atom. The first kappa shape index (κ1) is 22.4. The molecule has 10 heteroatoms. The van der Waals surface area contributed by atoms with Crippen molar-refractivity contribution < 1.29 is 23.4 Å². The fourth-order valence-corrected chi connectivity index (χ4v) is 4.82. The van der Waals surface area contributed by atoms with Gasteiger partial charge in [0.2, 0.25) is 0 Å². The number of nitrogens with zero attached hydrogens (tertiary/aromatic N) is 1. The van der Waals surface area contributed by atoms with E-state index in [4.69, 9.17) is 9.15 Å². The van der Waals surface area contributed by atoms with Gasteiger partial charge in [0, 0.05) is 28.2 Å². The van der Waals surface area contributed by atoms with Crippen LogP contribution < -0.4 is 15.9 Å². The van der Waals surface area contributed by atoms with Crippen molar-refractivity contribution >= 4 is 38.7 Å². The van der Waals surface area contributed by atoms with Crippen LogP contribution >= 0.6 is 0 Å². The quantitative estimate of drug-likeness (QED) is 0.321. The molecule has 4 aromatic heterocycles. The van der Waals surface area contributed by atoms with Gasteiger partial charge < -0.3 is 28.8 Å². The Hall–Kier alpha value is -5.12. The van der Waals surface area contributed by atoms with Gasteiger partial charge in [-0.3, -0.25) is 9.59 Å². The summed E-state index contributed by atoms with van der Waals surface area (Å²) in [5.74, 6) is -1.40. The molecule has 37 heavy (non-hydrogen) atoms. The van der Waals surface area contributed by atoms with Gasteiger partial charge in [0.15, 0.2) is 0 Å². The van der Waals surface area contributed by atoms with Gasteiger partial charge in [0.1, 0.15) is 22.8 Å². The highest BCUT2D eigenvalue weighted by Gasteiger charge is 2.29. The summed E-state index contributed by atoms with van der Waals surface area (Å²) in [6, 6.07) is 12.5. The van der Waals surface area contributed by atoms with Crippen molar-refractivity contribution in [2.75, 3.05) is 7.11 Å². The minimum atomic E-state index is -1.35. The highest BCUT2D eigenvalue weighted by Crippen LogP contribution is 2.40. The van der Waals surface area contributed by atoms with E-state index in [2.05, 4.69) is 9.97 Å². The highest BCUT2D eigenvalue weighted by molar-refractivity contribution is 6.17. The highest BCUT2D eigenvalue weighted by atomic mass is 19.1. The maximum Gasteiger partial charge on any atom is 0.353 e. The van der Waals surface area contributed by atoms with Gasteiger partial charge in [-0.15, -0.1) is 0 Å². The number of aromatic carboxylic acids is 1. The molecule has 0 fully saturated rings. The number of aromatic nitrogens is 3. The average molecular weight is 499 g/mol. The summed E-state index contributed by atoms with van der Waals surface area (Å²) in [5, 5.41) is 11.4. The van der Waals surface area contributed by atoms with Crippen LogP contribution in [0.4, 0.5) is 4.39 Å². The largest absolute Gasteiger partial charge is 0.497 e. The van der Waals surface area contributed by atoms with Crippen LogP contribution in [0.2, 0.25) is 0 Å². The monoisotopic (exact) mass is 499 g/mol. The number of carboxylic acid groups (broad SMARTS) is 1. The molecule has 0 radical (unpaired) electrons.